The first-order valence-corrected chi connectivity index (χ1v) is 5.62. The van der Waals surface area contributed by atoms with E-state index >= 15 is 0 Å². The molecule has 1 aromatic rings. The Morgan fingerprint density at radius 1 is 1.40 bits per heavy atom. The van der Waals surface area contributed by atoms with Gasteiger partial charge < -0.3 is 10.8 Å². The molecule has 0 aliphatic carbocycles. The normalized spacial score (nSPS) is 12.4. The Bertz CT molecular complexity index is 324. The van der Waals surface area contributed by atoms with Gasteiger partial charge in [0.1, 0.15) is 0 Å². The molecule has 0 fully saturated rings. The monoisotopic (exact) mass is 271 g/mol. The van der Waals surface area contributed by atoms with E-state index in [1.54, 1.807) is 0 Å². The Kier molecular flexibility index (Phi) is 4.78. The Labute approximate surface area is 97.4 Å². The standard InChI is InChI=1S/C11H14BrNO2/c12-9-5-3-8(4-6-9)10(11(14)15)2-1-7-13/h3-6,10H,1-2,7,13H2,(H,14,15)/t10-/m1/s1. The molecule has 0 heterocycles. The molecule has 15 heavy (non-hydrogen) atoms. The third-order valence-electron chi connectivity index (χ3n) is 2.27. The average Bonchev–Trinajstić information content (AvgIpc) is 2.21. The Hall–Kier alpha value is -0.870. The highest BCUT2D eigenvalue weighted by Crippen LogP contribution is 2.23. The van der Waals surface area contributed by atoms with Crippen LogP contribution in [-0.4, -0.2) is 17.6 Å². The van der Waals surface area contributed by atoms with Crippen molar-refractivity contribution in [2.45, 2.75) is 18.8 Å². The number of benzene rings is 1. The minimum Gasteiger partial charge on any atom is -0.481 e. The smallest absolute Gasteiger partial charge is 0.310 e. The van der Waals surface area contributed by atoms with Gasteiger partial charge in [-0.05, 0) is 37.1 Å². The summed E-state index contributed by atoms with van der Waals surface area (Å²) in [6.07, 6.45) is 1.32. The lowest BCUT2D eigenvalue weighted by molar-refractivity contribution is -0.139. The van der Waals surface area contributed by atoms with E-state index in [1.165, 1.54) is 0 Å². The second-order valence-electron chi connectivity index (χ2n) is 3.37. The van der Waals surface area contributed by atoms with E-state index in [2.05, 4.69) is 15.9 Å². The van der Waals surface area contributed by atoms with Crippen molar-refractivity contribution in [3.05, 3.63) is 34.3 Å². The number of hydrogen-bond donors (Lipinski definition) is 2. The SMILES string of the molecule is NCCC[C@@H](C(=O)O)c1ccc(Br)cc1. The number of carbonyl (C=O) groups is 1. The molecule has 0 saturated carbocycles. The third-order valence-corrected chi connectivity index (χ3v) is 2.80. The first-order valence-electron chi connectivity index (χ1n) is 4.83. The lowest BCUT2D eigenvalue weighted by atomic mass is 9.94. The van der Waals surface area contributed by atoms with Crippen LogP contribution in [0.4, 0.5) is 0 Å². The molecule has 3 nitrogen and oxygen atoms in total. The zero-order valence-electron chi connectivity index (χ0n) is 8.32. The second-order valence-corrected chi connectivity index (χ2v) is 4.29. The van der Waals surface area contributed by atoms with Crippen molar-refractivity contribution in [1.82, 2.24) is 0 Å². The van der Waals surface area contributed by atoms with Crippen LogP contribution in [0.5, 0.6) is 0 Å². The zero-order valence-corrected chi connectivity index (χ0v) is 9.90. The molecule has 0 spiro atoms. The van der Waals surface area contributed by atoms with Crippen molar-refractivity contribution in [3.8, 4) is 0 Å². The second kappa shape index (κ2) is 5.88. The van der Waals surface area contributed by atoms with Gasteiger partial charge in [-0.15, -0.1) is 0 Å². The van der Waals surface area contributed by atoms with Gasteiger partial charge in [0.05, 0.1) is 5.92 Å². The number of carboxylic acid groups (broad SMARTS) is 1. The van der Waals surface area contributed by atoms with Crippen LogP contribution >= 0.6 is 15.9 Å². The number of halogens is 1. The Morgan fingerprint density at radius 2 is 2.00 bits per heavy atom. The molecule has 4 heteroatoms. The largest absolute Gasteiger partial charge is 0.481 e. The third kappa shape index (κ3) is 3.64. The topological polar surface area (TPSA) is 63.3 Å². The Morgan fingerprint density at radius 3 is 2.47 bits per heavy atom. The molecule has 1 rings (SSSR count). The van der Waals surface area contributed by atoms with Crippen molar-refractivity contribution in [2.24, 2.45) is 5.73 Å². The number of carboxylic acids is 1. The molecule has 0 unspecified atom stereocenters. The highest BCUT2D eigenvalue weighted by atomic mass is 79.9. The number of hydrogen-bond acceptors (Lipinski definition) is 2. The first-order chi connectivity index (χ1) is 7.15. The van der Waals surface area contributed by atoms with Crippen LogP contribution in [0, 0.1) is 0 Å². The van der Waals surface area contributed by atoms with E-state index in [0.717, 1.165) is 16.5 Å². The molecule has 0 saturated heterocycles. The summed E-state index contributed by atoms with van der Waals surface area (Å²) < 4.78 is 0.953. The van der Waals surface area contributed by atoms with Gasteiger partial charge in [-0.3, -0.25) is 4.79 Å². The van der Waals surface area contributed by atoms with E-state index in [1.807, 2.05) is 24.3 Å². The summed E-state index contributed by atoms with van der Waals surface area (Å²) in [5.74, 6) is -1.23. The summed E-state index contributed by atoms with van der Waals surface area (Å²) in [6.45, 7) is 0.528. The van der Waals surface area contributed by atoms with Gasteiger partial charge in [-0.2, -0.15) is 0 Å². The van der Waals surface area contributed by atoms with Crippen LogP contribution in [-0.2, 0) is 4.79 Å². The quantitative estimate of drug-likeness (QED) is 0.864. The van der Waals surface area contributed by atoms with Gasteiger partial charge in [0.15, 0.2) is 0 Å². The summed E-state index contributed by atoms with van der Waals surface area (Å²) in [7, 11) is 0. The van der Waals surface area contributed by atoms with Gasteiger partial charge in [0.25, 0.3) is 0 Å². The summed E-state index contributed by atoms with van der Waals surface area (Å²) in [5, 5.41) is 9.07. The van der Waals surface area contributed by atoms with Crippen molar-refractivity contribution in [3.63, 3.8) is 0 Å². The fraction of sp³-hybridized carbons (Fsp3) is 0.364. The molecule has 0 aliphatic heterocycles. The van der Waals surface area contributed by atoms with E-state index in [-0.39, 0.29) is 0 Å². The molecule has 0 aliphatic rings. The van der Waals surface area contributed by atoms with Gasteiger partial charge in [-0.1, -0.05) is 28.1 Å². The number of aliphatic carboxylic acids is 1. The fourth-order valence-corrected chi connectivity index (χ4v) is 1.71. The minimum atomic E-state index is -0.786. The van der Waals surface area contributed by atoms with Crippen molar-refractivity contribution in [1.29, 1.82) is 0 Å². The van der Waals surface area contributed by atoms with E-state index in [4.69, 9.17) is 10.8 Å². The van der Waals surface area contributed by atoms with Crippen LogP contribution in [0.2, 0.25) is 0 Å². The highest BCUT2D eigenvalue weighted by molar-refractivity contribution is 9.10. The molecule has 82 valence electrons. The maximum Gasteiger partial charge on any atom is 0.310 e. The summed E-state index contributed by atoms with van der Waals surface area (Å²) in [4.78, 5) is 11.0. The minimum absolute atomic E-state index is 0.443. The predicted molar refractivity (Wildman–Crippen MR) is 62.8 cm³/mol. The Balaban J connectivity index is 2.79. The van der Waals surface area contributed by atoms with Crippen LogP contribution in [0.15, 0.2) is 28.7 Å². The van der Waals surface area contributed by atoms with Gasteiger partial charge in [0.2, 0.25) is 0 Å². The molecule has 1 aromatic carbocycles. The van der Waals surface area contributed by atoms with Crippen molar-refractivity contribution < 1.29 is 9.90 Å². The van der Waals surface area contributed by atoms with Crippen LogP contribution in [0.25, 0.3) is 0 Å². The van der Waals surface area contributed by atoms with Gasteiger partial charge in [-0.25, -0.2) is 0 Å². The average molecular weight is 272 g/mol. The summed E-state index contributed by atoms with van der Waals surface area (Å²) in [6, 6.07) is 7.38. The lowest BCUT2D eigenvalue weighted by Gasteiger charge is -2.11. The van der Waals surface area contributed by atoms with Crippen LogP contribution in [0.1, 0.15) is 24.3 Å². The summed E-state index contributed by atoms with van der Waals surface area (Å²) >= 11 is 3.32. The zero-order chi connectivity index (χ0) is 11.3. The van der Waals surface area contributed by atoms with E-state index < -0.39 is 11.9 Å². The van der Waals surface area contributed by atoms with E-state index in [9.17, 15) is 4.79 Å². The maximum atomic E-state index is 11.0. The molecule has 0 radical (unpaired) electrons. The molecule has 0 bridgehead atoms. The van der Waals surface area contributed by atoms with Crippen molar-refractivity contribution >= 4 is 21.9 Å². The van der Waals surface area contributed by atoms with E-state index in [0.29, 0.717) is 13.0 Å². The van der Waals surface area contributed by atoms with Gasteiger partial charge in [0, 0.05) is 4.47 Å². The van der Waals surface area contributed by atoms with Gasteiger partial charge >= 0.3 is 5.97 Å². The molecular weight excluding hydrogens is 258 g/mol. The van der Waals surface area contributed by atoms with Crippen molar-refractivity contribution in [2.75, 3.05) is 6.54 Å². The lowest BCUT2D eigenvalue weighted by Crippen LogP contribution is -2.13. The predicted octanol–water partition coefficient (Wildman–Crippen LogP) is 2.36. The number of nitrogens with two attached hydrogens (primary N) is 1. The van der Waals surface area contributed by atoms with Crippen LogP contribution < -0.4 is 5.73 Å². The fourth-order valence-electron chi connectivity index (χ4n) is 1.45. The van der Waals surface area contributed by atoms with Crippen LogP contribution in [0.3, 0.4) is 0 Å². The summed E-state index contributed by atoms with van der Waals surface area (Å²) in [5.41, 5.74) is 6.21. The molecule has 0 aromatic heterocycles. The number of rotatable bonds is 5. The molecular formula is C11H14BrNO2. The highest BCUT2D eigenvalue weighted by Gasteiger charge is 2.18. The molecule has 0 amide bonds. The first kappa shape index (κ1) is 12.2. The molecule has 1 atom stereocenters. The maximum absolute atomic E-state index is 11.0. The molecule has 3 N–H and O–H groups in total.